The summed E-state index contributed by atoms with van der Waals surface area (Å²) < 4.78 is 21.9. The third kappa shape index (κ3) is 54.3. The van der Waals surface area contributed by atoms with E-state index in [1.165, 1.54) is 0 Å². The van der Waals surface area contributed by atoms with Crippen molar-refractivity contribution in [1.29, 1.82) is 0 Å². The van der Waals surface area contributed by atoms with Crippen LogP contribution in [0, 0.1) is 0 Å². The Morgan fingerprint density at radius 2 is 0.714 bits per heavy atom. The van der Waals surface area contributed by atoms with Gasteiger partial charge in [0.2, 0.25) is 0 Å². The monoisotopic (exact) mass is 447 g/mol. The quantitative estimate of drug-likeness (QED) is 0.373. The summed E-state index contributed by atoms with van der Waals surface area (Å²) in [5.74, 6) is 0. The molecule has 0 aromatic carbocycles. The molecule has 0 aliphatic rings. The molecule has 0 atom stereocenters. The smallest absolute Gasteiger partial charge is 0 e. The van der Waals surface area contributed by atoms with Crippen LogP contribution in [0.1, 0.15) is 0 Å². The first-order valence-corrected chi connectivity index (χ1v) is 3.12. The number of hydrogen-bond donors (Lipinski definition) is 3. The topological polar surface area (TPSA) is 60.7 Å². The van der Waals surface area contributed by atoms with Crippen LogP contribution >= 0.6 is 0 Å². The van der Waals surface area contributed by atoms with Gasteiger partial charge in [-0.25, -0.2) is 0 Å². The first kappa shape index (κ1) is 22.6. The second kappa shape index (κ2) is 15.9. The van der Waals surface area contributed by atoms with Crippen LogP contribution in [0.15, 0.2) is 0 Å². The molecule has 0 bridgehead atoms. The Hall–Kier alpha value is 2.66. The molecule has 0 heterocycles. The summed E-state index contributed by atoms with van der Waals surface area (Å²) in [7, 11) is 0. The average molecular weight is 450 g/mol. The molecule has 7 heavy (non-hydrogen) atoms. The summed E-state index contributed by atoms with van der Waals surface area (Å²) in [5.41, 5.74) is 0. The van der Waals surface area contributed by atoms with Gasteiger partial charge in [-0.2, -0.15) is 0 Å². The van der Waals surface area contributed by atoms with Crippen molar-refractivity contribution in [1.82, 2.24) is 0 Å². The summed E-state index contributed by atoms with van der Waals surface area (Å²) in [6.07, 6.45) is 0. The zero-order valence-corrected chi connectivity index (χ0v) is 9.02. The van der Waals surface area contributed by atoms with Crippen molar-refractivity contribution in [3.8, 4) is 0 Å². The minimum Gasteiger partial charge on any atom is 0 e. The predicted molar refractivity (Wildman–Crippen MR) is 12.4 cm³/mol. The van der Waals surface area contributed by atoms with E-state index in [1.807, 2.05) is 0 Å². The molecule has 0 fully saturated rings. The molecule has 0 aromatic heterocycles. The molecule has 0 aliphatic carbocycles. The summed E-state index contributed by atoms with van der Waals surface area (Å²) >= 11 is -3.19. The molecule has 3 nitrogen and oxygen atoms in total. The Morgan fingerprint density at radius 1 is 0.714 bits per heavy atom. The summed E-state index contributed by atoms with van der Waals surface area (Å²) in [4.78, 5) is 0. The van der Waals surface area contributed by atoms with Crippen LogP contribution in [0.4, 0.5) is 0 Å². The van der Waals surface area contributed by atoms with E-state index < -0.39 is 15.7 Å². The van der Waals surface area contributed by atoms with E-state index in [0.29, 0.717) is 0 Å². The predicted octanol–water partition coefficient (Wildman–Crippen LogP) is -2.06. The Labute approximate surface area is 93.7 Å². The molecular weight excluding hydrogens is 447 g/mol. The molecule has 59 valence electrons. The molecular formula is H3Ag3AsO3. The van der Waals surface area contributed by atoms with E-state index >= 15 is 0 Å². The summed E-state index contributed by atoms with van der Waals surface area (Å²) in [6, 6.07) is 0. The minimum atomic E-state index is -3.19. The van der Waals surface area contributed by atoms with Crippen molar-refractivity contribution in [2.45, 2.75) is 0 Å². The van der Waals surface area contributed by atoms with Gasteiger partial charge in [0.05, 0.1) is 0 Å². The van der Waals surface area contributed by atoms with Crippen molar-refractivity contribution in [2.24, 2.45) is 0 Å². The van der Waals surface area contributed by atoms with Crippen molar-refractivity contribution in [2.75, 3.05) is 0 Å². The van der Waals surface area contributed by atoms with Crippen molar-refractivity contribution >= 4 is 15.7 Å². The molecule has 0 aliphatic heterocycles. The standard InChI is InChI=1S/3Ag.AsH3O3/c;;;2-1(3)4/h;;;2-4H. The molecule has 0 saturated heterocycles. The van der Waals surface area contributed by atoms with Crippen LogP contribution in [-0.4, -0.2) is 28.0 Å². The van der Waals surface area contributed by atoms with Crippen LogP contribution in [0.5, 0.6) is 0 Å². The minimum absolute atomic E-state index is 0. The maximum Gasteiger partial charge on any atom is 0 e. The van der Waals surface area contributed by atoms with E-state index in [2.05, 4.69) is 0 Å². The molecule has 7 heteroatoms. The third-order valence-electron chi connectivity index (χ3n) is 0. The molecule has 0 rings (SSSR count). The fourth-order valence-corrected chi connectivity index (χ4v) is 0. The Bertz CT molecular complexity index is 14.9. The van der Waals surface area contributed by atoms with E-state index in [1.54, 1.807) is 0 Å². The van der Waals surface area contributed by atoms with Gasteiger partial charge >= 0.3 is 28.0 Å². The second-order valence-electron chi connectivity index (χ2n) is 0.268. The van der Waals surface area contributed by atoms with E-state index in [-0.39, 0.29) is 67.1 Å². The summed E-state index contributed by atoms with van der Waals surface area (Å²) in [5, 5.41) is 0. The molecule has 0 amide bonds. The van der Waals surface area contributed by atoms with Gasteiger partial charge in [0.15, 0.2) is 0 Å². The fraction of sp³-hybridized carbons (Fsp3) is 0. The van der Waals surface area contributed by atoms with E-state index in [9.17, 15) is 0 Å². The van der Waals surface area contributed by atoms with Gasteiger partial charge < -0.3 is 0 Å². The average Bonchev–Trinajstić information content (AvgIpc) is 0.811. The van der Waals surface area contributed by atoms with Crippen molar-refractivity contribution in [3.05, 3.63) is 0 Å². The fourth-order valence-electron chi connectivity index (χ4n) is 0. The summed E-state index contributed by atoms with van der Waals surface area (Å²) in [6.45, 7) is 0. The third-order valence-corrected chi connectivity index (χ3v) is 0. The number of rotatable bonds is 0. The van der Waals surface area contributed by atoms with Crippen LogP contribution in [0.2, 0.25) is 0 Å². The van der Waals surface area contributed by atoms with Crippen LogP contribution in [0.3, 0.4) is 0 Å². The zero-order valence-electron chi connectivity index (χ0n) is 2.69. The molecule has 0 saturated carbocycles. The van der Waals surface area contributed by atoms with Gasteiger partial charge in [-0.15, -0.1) is 0 Å². The molecule has 3 N–H and O–H groups in total. The van der Waals surface area contributed by atoms with E-state index in [4.69, 9.17) is 12.3 Å². The SMILES string of the molecule is O[As](O)O.[Ag].[Ag].[Ag]. The largest absolute Gasteiger partial charge is 0 e. The van der Waals surface area contributed by atoms with Gasteiger partial charge in [-0.05, 0) is 0 Å². The maximum atomic E-state index is 7.31. The van der Waals surface area contributed by atoms with Gasteiger partial charge in [-0.1, -0.05) is 0 Å². The normalized spacial score (nSPS) is 5.14. The van der Waals surface area contributed by atoms with Crippen LogP contribution < -0.4 is 0 Å². The molecule has 0 unspecified atom stereocenters. The molecule has 3 radical (unpaired) electrons. The Balaban J connectivity index is -0.0000000150. The van der Waals surface area contributed by atoms with Crippen LogP contribution in [-0.2, 0) is 67.1 Å². The van der Waals surface area contributed by atoms with E-state index in [0.717, 1.165) is 0 Å². The second-order valence-corrected chi connectivity index (χ2v) is 1.39. The first-order chi connectivity index (χ1) is 1.73. The van der Waals surface area contributed by atoms with Gasteiger partial charge in [0, 0.05) is 67.1 Å². The first-order valence-electron chi connectivity index (χ1n) is 0.600. The number of hydrogen-bond acceptors (Lipinski definition) is 3. The Kier molecular flexibility index (Phi) is 51.2. The van der Waals surface area contributed by atoms with Crippen molar-refractivity contribution < 1.29 is 79.4 Å². The van der Waals surface area contributed by atoms with Gasteiger partial charge in [-0.3, -0.25) is 0 Å². The van der Waals surface area contributed by atoms with Gasteiger partial charge in [0.1, 0.15) is 0 Å². The van der Waals surface area contributed by atoms with Crippen molar-refractivity contribution in [3.63, 3.8) is 0 Å². The van der Waals surface area contributed by atoms with Crippen LogP contribution in [0.25, 0.3) is 0 Å². The molecule has 0 spiro atoms. The zero-order chi connectivity index (χ0) is 3.58. The maximum absolute atomic E-state index is 7.31. The van der Waals surface area contributed by atoms with Gasteiger partial charge in [0.25, 0.3) is 0 Å². The Morgan fingerprint density at radius 3 is 0.714 bits per heavy atom. The molecule has 0 aromatic rings.